The van der Waals surface area contributed by atoms with Crippen LogP contribution in [0.1, 0.15) is 24.4 Å². The number of rotatable bonds is 6. The number of likely N-dealkylation sites (N-methyl/N-ethyl adjacent to an activating group) is 1. The lowest BCUT2D eigenvalue weighted by molar-refractivity contribution is 0.239. The molecular weight excluding hydrogens is 292 g/mol. The van der Waals surface area contributed by atoms with Gasteiger partial charge in [-0.3, -0.25) is 4.90 Å². The second-order valence-electron chi connectivity index (χ2n) is 5.02. The minimum atomic E-state index is 0.269. The van der Waals surface area contributed by atoms with E-state index in [0.717, 1.165) is 22.7 Å². The third-order valence-electron chi connectivity index (χ3n) is 3.57. The number of methoxy groups -OCH3 is 1. The molecule has 1 aromatic rings. The lowest BCUT2D eigenvalue weighted by atomic mass is 10.1. The van der Waals surface area contributed by atoms with Crippen LogP contribution in [0.5, 0.6) is 5.75 Å². The fourth-order valence-electron chi connectivity index (χ4n) is 2.28. The molecule has 1 unspecified atom stereocenters. The van der Waals surface area contributed by atoms with Crippen LogP contribution in [0.2, 0.25) is 0 Å². The number of nitrogens with zero attached hydrogens (tertiary/aromatic N) is 1. The van der Waals surface area contributed by atoms with Gasteiger partial charge in [-0.2, -0.15) is 0 Å². The van der Waals surface area contributed by atoms with Gasteiger partial charge in [-0.05, 0) is 43.5 Å². The van der Waals surface area contributed by atoms with Gasteiger partial charge in [0, 0.05) is 23.6 Å². The van der Waals surface area contributed by atoms with Gasteiger partial charge < -0.3 is 10.5 Å². The number of ether oxygens (including phenoxy) is 1. The third kappa shape index (κ3) is 3.25. The molecule has 0 radical (unpaired) electrons. The molecule has 0 saturated heterocycles. The first-order valence-electron chi connectivity index (χ1n) is 6.39. The standard InChI is InChI=1S/C14H21BrN2O/c1-17(9-10-3-4-10)14(8-16)12-6-5-11(18-2)7-13(12)15/h5-7,10,14H,3-4,8-9,16H2,1-2H3. The van der Waals surface area contributed by atoms with Gasteiger partial charge in [0.25, 0.3) is 0 Å². The molecule has 0 amide bonds. The SMILES string of the molecule is COc1ccc(C(CN)N(C)CC2CC2)c(Br)c1. The zero-order chi connectivity index (χ0) is 13.1. The van der Waals surface area contributed by atoms with Crippen molar-refractivity contribution in [3.63, 3.8) is 0 Å². The highest BCUT2D eigenvalue weighted by atomic mass is 79.9. The van der Waals surface area contributed by atoms with Gasteiger partial charge >= 0.3 is 0 Å². The fourth-order valence-corrected chi connectivity index (χ4v) is 2.91. The first kappa shape index (κ1) is 13.8. The molecule has 100 valence electrons. The summed E-state index contributed by atoms with van der Waals surface area (Å²) in [5.74, 6) is 1.74. The van der Waals surface area contributed by atoms with Crippen molar-refractivity contribution in [1.29, 1.82) is 0 Å². The highest BCUT2D eigenvalue weighted by Crippen LogP contribution is 2.34. The Labute approximate surface area is 117 Å². The zero-order valence-electron chi connectivity index (χ0n) is 11.0. The number of nitrogens with two attached hydrogens (primary N) is 1. The number of benzene rings is 1. The van der Waals surface area contributed by atoms with Crippen molar-refractivity contribution >= 4 is 15.9 Å². The third-order valence-corrected chi connectivity index (χ3v) is 4.25. The minimum Gasteiger partial charge on any atom is -0.497 e. The van der Waals surface area contributed by atoms with Gasteiger partial charge in [-0.15, -0.1) is 0 Å². The monoisotopic (exact) mass is 312 g/mol. The van der Waals surface area contributed by atoms with Crippen molar-refractivity contribution in [2.75, 3.05) is 27.2 Å². The number of hydrogen-bond acceptors (Lipinski definition) is 3. The summed E-state index contributed by atoms with van der Waals surface area (Å²) in [6.07, 6.45) is 2.73. The summed E-state index contributed by atoms with van der Waals surface area (Å²) in [6.45, 7) is 1.77. The topological polar surface area (TPSA) is 38.5 Å². The van der Waals surface area contributed by atoms with Gasteiger partial charge in [-0.1, -0.05) is 22.0 Å². The van der Waals surface area contributed by atoms with E-state index in [1.807, 2.05) is 12.1 Å². The Hall–Kier alpha value is -0.580. The molecule has 1 aromatic carbocycles. The summed E-state index contributed by atoms with van der Waals surface area (Å²) < 4.78 is 6.29. The van der Waals surface area contributed by atoms with Gasteiger partial charge in [0.15, 0.2) is 0 Å². The van der Waals surface area contributed by atoms with E-state index >= 15 is 0 Å². The van der Waals surface area contributed by atoms with E-state index in [2.05, 4.69) is 33.9 Å². The Bertz CT molecular complexity index is 407. The number of halogens is 1. The molecule has 18 heavy (non-hydrogen) atoms. The van der Waals surface area contributed by atoms with Crippen molar-refractivity contribution in [3.05, 3.63) is 28.2 Å². The molecule has 1 atom stereocenters. The lowest BCUT2D eigenvalue weighted by Gasteiger charge is -2.28. The zero-order valence-corrected chi connectivity index (χ0v) is 12.6. The first-order valence-corrected chi connectivity index (χ1v) is 7.18. The summed E-state index contributed by atoms with van der Waals surface area (Å²) in [6, 6.07) is 6.37. The molecule has 0 bridgehead atoms. The summed E-state index contributed by atoms with van der Waals surface area (Å²) in [5.41, 5.74) is 7.18. The molecule has 2 rings (SSSR count). The lowest BCUT2D eigenvalue weighted by Crippen LogP contribution is -2.32. The van der Waals surface area contributed by atoms with Crippen LogP contribution in [-0.2, 0) is 0 Å². The van der Waals surface area contributed by atoms with Crippen LogP contribution >= 0.6 is 15.9 Å². The maximum Gasteiger partial charge on any atom is 0.120 e. The molecule has 0 spiro atoms. The molecule has 1 saturated carbocycles. The van der Waals surface area contributed by atoms with E-state index in [1.165, 1.54) is 18.4 Å². The van der Waals surface area contributed by atoms with Crippen LogP contribution in [0.4, 0.5) is 0 Å². The molecular formula is C14H21BrN2O. The van der Waals surface area contributed by atoms with Gasteiger partial charge in [0.1, 0.15) is 5.75 Å². The molecule has 0 heterocycles. The second kappa shape index (κ2) is 6.04. The molecule has 4 heteroatoms. The Morgan fingerprint density at radius 1 is 1.50 bits per heavy atom. The Kier molecular flexibility index (Phi) is 4.65. The fraction of sp³-hybridized carbons (Fsp3) is 0.571. The summed E-state index contributed by atoms with van der Waals surface area (Å²) in [5, 5.41) is 0. The van der Waals surface area contributed by atoms with Crippen LogP contribution in [0, 0.1) is 5.92 Å². The molecule has 2 N–H and O–H groups in total. The van der Waals surface area contributed by atoms with Crippen LogP contribution in [-0.4, -0.2) is 32.1 Å². The predicted octanol–water partition coefficient (Wildman–Crippen LogP) is 2.80. The molecule has 1 fully saturated rings. The minimum absolute atomic E-state index is 0.269. The van der Waals surface area contributed by atoms with Crippen LogP contribution in [0.3, 0.4) is 0 Å². The quantitative estimate of drug-likeness (QED) is 0.878. The maximum absolute atomic E-state index is 5.95. The van der Waals surface area contributed by atoms with Gasteiger partial charge in [0.05, 0.1) is 7.11 Å². The van der Waals surface area contributed by atoms with E-state index in [9.17, 15) is 0 Å². The summed E-state index contributed by atoms with van der Waals surface area (Å²) in [4.78, 5) is 2.37. The smallest absolute Gasteiger partial charge is 0.120 e. The van der Waals surface area contributed by atoms with Crippen molar-refractivity contribution in [2.45, 2.75) is 18.9 Å². The first-order chi connectivity index (χ1) is 8.65. The largest absolute Gasteiger partial charge is 0.497 e. The van der Waals surface area contributed by atoms with Gasteiger partial charge in [-0.25, -0.2) is 0 Å². The molecule has 3 nitrogen and oxygen atoms in total. The normalized spacial score (nSPS) is 16.9. The van der Waals surface area contributed by atoms with Crippen molar-refractivity contribution in [1.82, 2.24) is 4.90 Å². The van der Waals surface area contributed by atoms with E-state index < -0.39 is 0 Å². The highest BCUT2D eigenvalue weighted by molar-refractivity contribution is 9.10. The van der Waals surface area contributed by atoms with E-state index in [1.54, 1.807) is 7.11 Å². The molecule has 0 aromatic heterocycles. The van der Waals surface area contributed by atoms with Crippen molar-refractivity contribution in [3.8, 4) is 5.75 Å². The van der Waals surface area contributed by atoms with E-state index in [-0.39, 0.29) is 6.04 Å². The maximum atomic E-state index is 5.95. The molecule has 1 aliphatic rings. The predicted molar refractivity (Wildman–Crippen MR) is 77.8 cm³/mol. The van der Waals surface area contributed by atoms with E-state index in [0.29, 0.717) is 6.54 Å². The van der Waals surface area contributed by atoms with E-state index in [4.69, 9.17) is 10.5 Å². The average molecular weight is 313 g/mol. The Morgan fingerprint density at radius 2 is 2.22 bits per heavy atom. The second-order valence-corrected chi connectivity index (χ2v) is 5.88. The molecule has 1 aliphatic carbocycles. The number of hydrogen-bond donors (Lipinski definition) is 1. The highest BCUT2D eigenvalue weighted by Gasteiger charge is 2.26. The van der Waals surface area contributed by atoms with Crippen LogP contribution < -0.4 is 10.5 Å². The average Bonchev–Trinajstić information content (AvgIpc) is 3.15. The van der Waals surface area contributed by atoms with Gasteiger partial charge in [0.2, 0.25) is 0 Å². The van der Waals surface area contributed by atoms with Crippen LogP contribution in [0.15, 0.2) is 22.7 Å². The Morgan fingerprint density at radius 3 is 2.72 bits per heavy atom. The molecule has 0 aliphatic heterocycles. The van der Waals surface area contributed by atoms with Crippen molar-refractivity contribution < 1.29 is 4.74 Å². The summed E-state index contributed by atoms with van der Waals surface area (Å²) in [7, 11) is 3.84. The van der Waals surface area contributed by atoms with Crippen molar-refractivity contribution in [2.24, 2.45) is 11.7 Å². The van der Waals surface area contributed by atoms with Crippen LogP contribution in [0.25, 0.3) is 0 Å². The Balaban J connectivity index is 2.14. The summed E-state index contributed by atoms with van der Waals surface area (Å²) >= 11 is 3.62.